The molecule has 3 unspecified atom stereocenters. The molecule has 1 heterocycles. The molecule has 0 aromatic carbocycles. The Morgan fingerprint density at radius 2 is 1.95 bits per heavy atom. The lowest BCUT2D eigenvalue weighted by molar-refractivity contribution is 0.0940. The van der Waals surface area contributed by atoms with Crippen molar-refractivity contribution in [1.82, 2.24) is 10.2 Å². The molecule has 3 rings (SSSR count). The van der Waals surface area contributed by atoms with Crippen molar-refractivity contribution in [3.05, 3.63) is 0 Å². The first-order valence-electron chi connectivity index (χ1n) is 8.83. The molecule has 2 saturated carbocycles. The predicted octanol–water partition coefficient (Wildman–Crippen LogP) is 2.25. The SMILES string of the molecule is CCNCC1(CN2CC3CCC(O)C3C2)CCCCC1. The fourth-order valence-corrected chi connectivity index (χ4v) is 5.02. The molecule has 0 bridgehead atoms. The van der Waals surface area contributed by atoms with Gasteiger partial charge in [0, 0.05) is 32.1 Å². The molecule has 2 N–H and O–H groups in total. The lowest BCUT2D eigenvalue weighted by Crippen LogP contribution is -2.45. The molecule has 3 nitrogen and oxygen atoms in total. The summed E-state index contributed by atoms with van der Waals surface area (Å²) in [6.45, 7) is 8.16. The molecule has 0 amide bonds. The van der Waals surface area contributed by atoms with Crippen LogP contribution in [0.25, 0.3) is 0 Å². The molecule has 3 fully saturated rings. The summed E-state index contributed by atoms with van der Waals surface area (Å²) in [4.78, 5) is 2.68. The number of nitrogens with one attached hydrogen (secondary N) is 1. The number of fused-ring (bicyclic) bond motifs is 1. The molecular weight excluding hydrogens is 248 g/mol. The topological polar surface area (TPSA) is 35.5 Å². The van der Waals surface area contributed by atoms with Crippen molar-refractivity contribution in [3.63, 3.8) is 0 Å². The van der Waals surface area contributed by atoms with Crippen molar-refractivity contribution in [2.24, 2.45) is 17.3 Å². The molecule has 1 saturated heterocycles. The number of aliphatic hydroxyl groups excluding tert-OH is 1. The maximum atomic E-state index is 10.1. The van der Waals surface area contributed by atoms with E-state index in [2.05, 4.69) is 17.1 Å². The summed E-state index contributed by atoms with van der Waals surface area (Å²) >= 11 is 0. The van der Waals surface area contributed by atoms with Crippen molar-refractivity contribution in [1.29, 1.82) is 0 Å². The van der Waals surface area contributed by atoms with E-state index in [9.17, 15) is 5.11 Å². The Kier molecular flexibility index (Phi) is 4.68. The third kappa shape index (κ3) is 3.05. The molecule has 0 aromatic heterocycles. The Morgan fingerprint density at radius 3 is 2.65 bits per heavy atom. The van der Waals surface area contributed by atoms with Crippen LogP contribution < -0.4 is 5.32 Å². The highest BCUT2D eigenvalue weighted by atomic mass is 16.3. The zero-order valence-corrected chi connectivity index (χ0v) is 13.1. The monoisotopic (exact) mass is 280 g/mol. The Bertz CT molecular complexity index is 314. The van der Waals surface area contributed by atoms with Gasteiger partial charge in [0.25, 0.3) is 0 Å². The van der Waals surface area contributed by atoms with Gasteiger partial charge in [-0.15, -0.1) is 0 Å². The van der Waals surface area contributed by atoms with Crippen molar-refractivity contribution in [2.45, 2.75) is 58.0 Å². The van der Waals surface area contributed by atoms with Crippen LogP contribution in [0.15, 0.2) is 0 Å². The summed E-state index contributed by atoms with van der Waals surface area (Å²) < 4.78 is 0. The predicted molar refractivity (Wildman–Crippen MR) is 82.7 cm³/mol. The first kappa shape index (κ1) is 14.8. The zero-order chi connectivity index (χ0) is 14.0. The second-order valence-corrected chi connectivity index (χ2v) is 7.60. The summed E-state index contributed by atoms with van der Waals surface area (Å²) in [5.74, 6) is 1.36. The molecule has 3 atom stereocenters. The van der Waals surface area contributed by atoms with Gasteiger partial charge in [-0.3, -0.25) is 0 Å². The van der Waals surface area contributed by atoms with Gasteiger partial charge in [-0.1, -0.05) is 26.2 Å². The van der Waals surface area contributed by atoms with E-state index >= 15 is 0 Å². The molecule has 20 heavy (non-hydrogen) atoms. The number of rotatable bonds is 5. The van der Waals surface area contributed by atoms with Crippen LogP contribution in [0.3, 0.4) is 0 Å². The van der Waals surface area contributed by atoms with Crippen LogP contribution in [-0.2, 0) is 0 Å². The van der Waals surface area contributed by atoms with E-state index in [0.717, 1.165) is 25.4 Å². The number of likely N-dealkylation sites (tertiary alicyclic amines) is 1. The normalized spacial score (nSPS) is 37.2. The van der Waals surface area contributed by atoms with Gasteiger partial charge in [-0.25, -0.2) is 0 Å². The largest absolute Gasteiger partial charge is 0.393 e. The average Bonchev–Trinajstić information content (AvgIpc) is 3.00. The van der Waals surface area contributed by atoms with Crippen LogP contribution in [0.1, 0.15) is 51.9 Å². The highest BCUT2D eigenvalue weighted by Crippen LogP contribution is 2.42. The quantitative estimate of drug-likeness (QED) is 0.811. The van der Waals surface area contributed by atoms with Crippen LogP contribution in [0, 0.1) is 17.3 Å². The highest BCUT2D eigenvalue weighted by Gasteiger charge is 2.44. The molecular formula is C17H32N2O. The summed E-state index contributed by atoms with van der Waals surface area (Å²) in [6, 6.07) is 0. The molecule has 3 heteroatoms. The summed E-state index contributed by atoms with van der Waals surface area (Å²) in [6.07, 6.45) is 9.33. The van der Waals surface area contributed by atoms with E-state index in [1.165, 1.54) is 58.2 Å². The van der Waals surface area contributed by atoms with Crippen LogP contribution >= 0.6 is 0 Å². The second kappa shape index (κ2) is 6.33. The van der Waals surface area contributed by atoms with E-state index in [-0.39, 0.29) is 6.10 Å². The van der Waals surface area contributed by atoms with Crippen LogP contribution in [-0.4, -0.2) is 48.8 Å². The fourth-order valence-electron chi connectivity index (χ4n) is 5.02. The first-order valence-corrected chi connectivity index (χ1v) is 8.83. The second-order valence-electron chi connectivity index (χ2n) is 7.60. The summed E-state index contributed by atoms with van der Waals surface area (Å²) in [5.41, 5.74) is 0.512. The minimum absolute atomic E-state index is 0.0129. The van der Waals surface area contributed by atoms with E-state index in [1.54, 1.807) is 0 Å². The van der Waals surface area contributed by atoms with E-state index in [1.807, 2.05) is 0 Å². The highest BCUT2D eigenvalue weighted by molar-refractivity contribution is 4.96. The van der Waals surface area contributed by atoms with Gasteiger partial charge in [0.15, 0.2) is 0 Å². The van der Waals surface area contributed by atoms with E-state index < -0.39 is 0 Å². The van der Waals surface area contributed by atoms with Gasteiger partial charge in [-0.2, -0.15) is 0 Å². The zero-order valence-electron chi connectivity index (χ0n) is 13.1. The lowest BCUT2D eigenvalue weighted by atomic mass is 9.73. The molecule has 2 aliphatic carbocycles. The fraction of sp³-hybridized carbons (Fsp3) is 1.00. The van der Waals surface area contributed by atoms with Crippen molar-refractivity contribution < 1.29 is 5.11 Å². The van der Waals surface area contributed by atoms with Gasteiger partial charge in [0.05, 0.1) is 6.10 Å². The third-order valence-corrected chi connectivity index (χ3v) is 6.12. The Balaban J connectivity index is 1.59. The third-order valence-electron chi connectivity index (χ3n) is 6.12. The van der Waals surface area contributed by atoms with Crippen LogP contribution in [0.4, 0.5) is 0 Å². The minimum Gasteiger partial charge on any atom is -0.393 e. The maximum absolute atomic E-state index is 10.1. The first-order chi connectivity index (χ1) is 9.72. The summed E-state index contributed by atoms with van der Waals surface area (Å²) in [5, 5.41) is 13.7. The average molecular weight is 280 g/mol. The van der Waals surface area contributed by atoms with Gasteiger partial charge in [-0.05, 0) is 43.6 Å². The number of hydrogen-bond acceptors (Lipinski definition) is 3. The lowest BCUT2D eigenvalue weighted by Gasteiger charge is -2.40. The van der Waals surface area contributed by atoms with Gasteiger partial charge in [0.2, 0.25) is 0 Å². The smallest absolute Gasteiger partial charge is 0.0583 e. The van der Waals surface area contributed by atoms with Gasteiger partial charge >= 0.3 is 0 Å². The number of nitrogens with zero attached hydrogens (tertiary/aromatic N) is 1. The molecule has 1 aliphatic heterocycles. The Labute approximate surface area is 124 Å². The van der Waals surface area contributed by atoms with E-state index in [0.29, 0.717) is 11.3 Å². The summed E-state index contributed by atoms with van der Waals surface area (Å²) in [7, 11) is 0. The van der Waals surface area contributed by atoms with Gasteiger partial charge < -0.3 is 15.3 Å². The number of hydrogen-bond donors (Lipinski definition) is 2. The van der Waals surface area contributed by atoms with Crippen molar-refractivity contribution in [2.75, 3.05) is 32.7 Å². The van der Waals surface area contributed by atoms with Crippen LogP contribution in [0.5, 0.6) is 0 Å². The standard InChI is InChI=1S/C17H32N2O/c1-2-18-12-17(8-4-3-5-9-17)13-19-10-14-6-7-16(20)15(14)11-19/h14-16,18,20H,2-13H2,1H3. The van der Waals surface area contributed by atoms with E-state index in [4.69, 9.17) is 0 Å². The molecule has 3 aliphatic rings. The van der Waals surface area contributed by atoms with Crippen LogP contribution in [0.2, 0.25) is 0 Å². The molecule has 0 radical (unpaired) electrons. The molecule has 0 spiro atoms. The molecule has 116 valence electrons. The maximum Gasteiger partial charge on any atom is 0.0583 e. The molecule has 0 aromatic rings. The van der Waals surface area contributed by atoms with Crippen molar-refractivity contribution in [3.8, 4) is 0 Å². The minimum atomic E-state index is -0.0129. The Hall–Kier alpha value is -0.120. The Morgan fingerprint density at radius 1 is 1.15 bits per heavy atom. The van der Waals surface area contributed by atoms with Crippen molar-refractivity contribution >= 4 is 0 Å². The van der Waals surface area contributed by atoms with Gasteiger partial charge in [0.1, 0.15) is 0 Å². The number of aliphatic hydroxyl groups is 1.